The number of carboxylic acid groups (broad SMARTS) is 1. The average Bonchev–Trinajstić information content (AvgIpc) is 3.60. The van der Waals surface area contributed by atoms with Gasteiger partial charge in [-0.1, -0.05) is 31.2 Å². The Balaban J connectivity index is 1.18. The summed E-state index contributed by atoms with van der Waals surface area (Å²) in [5.41, 5.74) is 4.12. The van der Waals surface area contributed by atoms with Gasteiger partial charge in [0.2, 0.25) is 0 Å². The van der Waals surface area contributed by atoms with Crippen molar-refractivity contribution >= 4 is 47.8 Å². The molecule has 1 saturated heterocycles. The molecule has 0 aliphatic carbocycles. The molecule has 1 fully saturated rings. The molecule has 3 aromatic heterocycles. The molecule has 46 heavy (non-hydrogen) atoms. The van der Waals surface area contributed by atoms with Crippen LogP contribution in [0, 0.1) is 12.8 Å². The first-order chi connectivity index (χ1) is 21.9. The van der Waals surface area contributed by atoms with E-state index in [4.69, 9.17) is 31.2 Å². The molecular weight excluding hydrogens is 629 g/mol. The highest BCUT2D eigenvalue weighted by Gasteiger charge is 2.32. The lowest BCUT2D eigenvalue weighted by Gasteiger charge is -2.32. The maximum absolute atomic E-state index is 14.7. The van der Waals surface area contributed by atoms with Crippen molar-refractivity contribution < 1.29 is 23.8 Å². The Kier molecular flexibility index (Phi) is 8.99. The Labute approximate surface area is 271 Å². The fraction of sp³-hybridized carbons (Fsp3) is 0.406. The van der Waals surface area contributed by atoms with Crippen LogP contribution in [0.5, 0.6) is 11.5 Å². The normalized spacial score (nSPS) is 17.2. The first kappa shape index (κ1) is 31.9. The Morgan fingerprint density at radius 1 is 1.15 bits per heavy atom. The van der Waals surface area contributed by atoms with E-state index in [1.807, 2.05) is 29.7 Å². The predicted octanol–water partition coefficient (Wildman–Crippen LogP) is 7.25. The van der Waals surface area contributed by atoms with Gasteiger partial charge in [-0.3, -0.25) is 9.67 Å². The van der Waals surface area contributed by atoms with Crippen molar-refractivity contribution in [1.29, 1.82) is 0 Å². The van der Waals surface area contributed by atoms with E-state index in [1.165, 1.54) is 0 Å². The van der Waals surface area contributed by atoms with Crippen LogP contribution in [-0.2, 0) is 18.0 Å². The standard InChI is InChI=1S/C32H37ClFN7O4Si/c1-20-37-25-6-5-23(13-28(25)41(20)19-44-11-12-46(2,3)4)45-29-8-7-26-31(30(29)33)38-27(15-35-26)22-14-36-40(17-22)16-21-9-10-39(32(42)43)18-24(21)34/h5-8,13-15,17,21,24H,9-12,16,18-19H2,1-4H3,(H,42,43). The van der Waals surface area contributed by atoms with Crippen LogP contribution in [0.25, 0.3) is 33.3 Å². The number of alkyl halides is 1. The maximum Gasteiger partial charge on any atom is 0.407 e. The SMILES string of the molecule is Cc1nc2ccc(Oc3ccc4ncc(-c5cnn(CC6CCN(C(=O)O)CC6F)c5)nc4c3Cl)cc2n1COCC[Si](C)(C)C. The lowest BCUT2D eigenvalue weighted by Crippen LogP contribution is -2.45. The summed E-state index contributed by atoms with van der Waals surface area (Å²) in [6.45, 7) is 10.6. The monoisotopic (exact) mass is 665 g/mol. The number of hydrogen-bond donors (Lipinski definition) is 1. The molecule has 1 aliphatic heterocycles. The van der Waals surface area contributed by atoms with Gasteiger partial charge in [0.05, 0.1) is 41.2 Å². The van der Waals surface area contributed by atoms with E-state index in [1.54, 1.807) is 35.4 Å². The average molecular weight is 666 g/mol. The number of carbonyl (C=O) groups is 1. The van der Waals surface area contributed by atoms with Gasteiger partial charge in [0.15, 0.2) is 0 Å². The summed E-state index contributed by atoms with van der Waals surface area (Å²) >= 11 is 6.84. The number of fused-ring (bicyclic) bond motifs is 2. The molecule has 2 unspecified atom stereocenters. The minimum Gasteiger partial charge on any atom is -0.465 e. The van der Waals surface area contributed by atoms with Crippen molar-refractivity contribution in [3.63, 3.8) is 0 Å². The fourth-order valence-electron chi connectivity index (χ4n) is 5.52. The van der Waals surface area contributed by atoms with Crippen LogP contribution >= 0.6 is 11.6 Å². The Hall–Kier alpha value is -4.07. The van der Waals surface area contributed by atoms with E-state index < -0.39 is 20.3 Å². The lowest BCUT2D eigenvalue weighted by molar-refractivity contribution is 0.0683. The molecule has 0 saturated carbocycles. The molecule has 0 bridgehead atoms. The van der Waals surface area contributed by atoms with Crippen LogP contribution in [0.15, 0.2) is 48.9 Å². The van der Waals surface area contributed by atoms with Gasteiger partial charge in [0.1, 0.15) is 40.8 Å². The highest BCUT2D eigenvalue weighted by molar-refractivity contribution is 6.76. The zero-order chi connectivity index (χ0) is 32.6. The topological polar surface area (TPSA) is 120 Å². The van der Waals surface area contributed by atoms with E-state index in [0.717, 1.165) is 27.8 Å². The van der Waals surface area contributed by atoms with Crippen molar-refractivity contribution in [2.75, 3.05) is 19.7 Å². The molecule has 1 amide bonds. The molecule has 1 N–H and O–H groups in total. The molecule has 0 spiro atoms. The Bertz CT molecular complexity index is 1890. The van der Waals surface area contributed by atoms with Gasteiger partial charge in [-0.2, -0.15) is 5.10 Å². The highest BCUT2D eigenvalue weighted by Crippen LogP contribution is 2.36. The Morgan fingerprint density at radius 2 is 1.96 bits per heavy atom. The van der Waals surface area contributed by atoms with Crippen LogP contribution in [0.2, 0.25) is 30.7 Å². The number of nitrogens with zero attached hydrogens (tertiary/aromatic N) is 7. The quantitative estimate of drug-likeness (QED) is 0.122. The molecule has 14 heteroatoms. The van der Waals surface area contributed by atoms with Crippen LogP contribution in [-0.4, -0.2) is 79.3 Å². The number of piperidine rings is 1. The van der Waals surface area contributed by atoms with Gasteiger partial charge < -0.3 is 24.0 Å². The second kappa shape index (κ2) is 13.0. The van der Waals surface area contributed by atoms with E-state index in [0.29, 0.717) is 71.7 Å². The second-order valence-electron chi connectivity index (χ2n) is 12.9. The van der Waals surface area contributed by atoms with E-state index in [9.17, 15) is 9.18 Å². The third kappa shape index (κ3) is 7.01. The number of likely N-dealkylation sites (tertiary alicyclic amines) is 1. The number of aromatic nitrogens is 6. The molecule has 5 aromatic rings. The van der Waals surface area contributed by atoms with Crippen LogP contribution < -0.4 is 4.74 Å². The summed E-state index contributed by atoms with van der Waals surface area (Å²) < 4.78 is 30.6. The zero-order valence-electron chi connectivity index (χ0n) is 26.3. The van der Waals surface area contributed by atoms with Gasteiger partial charge in [0.25, 0.3) is 0 Å². The van der Waals surface area contributed by atoms with Gasteiger partial charge in [-0.15, -0.1) is 0 Å². The highest BCUT2D eigenvalue weighted by atomic mass is 35.5. The zero-order valence-corrected chi connectivity index (χ0v) is 28.0. The molecule has 1 aliphatic rings. The number of aryl methyl sites for hydroxylation is 1. The number of benzene rings is 2. The van der Waals surface area contributed by atoms with Gasteiger partial charge in [-0.25, -0.2) is 19.2 Å². The molecule has 0 radical (unpaired) electrons. The van der Waals surface area contributed by atoms with Gasteiger partial charge >= 0.3 is 6.09 Å². The summed E-state index contributed by atoms with van der Waals surface area (Å²) in [4.78, 5) is 26.3. The van der Waals surface area contributed by atoms with Crippen LogP contribution in [0.4, 0.5) is 9.18 Å². The molecule has 11 nitrogen and oxygen atoms in total. The third-order valence-electron chi connectivity index (χ3n) is 8.27. The molecule has 242 valence electrons. The second-order valence-corrected chi connectivity index (χ2v) is 18.9. The largest absolute Gasteiger partial charge is 0.465 e. The minimum atomic E-state index is -1.26. The van der Waals surface area contributed by atoms with E-state index in [-0.39, 0.29) is 12.5 Å². The molecule has 2 aromatic carbocycles. The van der Waals surface area contributed by atoms with Crippen molar-refractivity contribution in [2.24, 2.45) is 5.92 Å². The number of hydrogen-bond acceptors (Lipinski definition) is 7. The summed E-state index contributed by atoms with van der Waals surface area (Å²) in [5, 5.41) is 13.9. The predicted molar refractivity (Wildman–Crippen MR) is 177 cm³/mol. The number of halogens is 2. The molecule has 2 atom stereocenters. The smallest absolute Gasteiger partial charge is 0.407 e. The number of amides is 1. The number of ether oxygens (including phenoxy) is 2. The van der Waals surface area contributed by atoms with Crippen LogP contribution in [0.1, 0.15) is 12.2 Å². The summed E-state index contributed by atoms with van der Waals surface area (Å²) in [6, 6.07) is 10.4. The maximum atomic E-state index is 14.7. The van der Waals surface area contributed by atoms with E-state index in [2.05, 4.69) is 34.7 Å². The van der Waals surface area contributed by atoms with Gasteiger partial charge in [0, 0.05) is 51.5 Å². The molecule has 4 heterocycles. The van der Waals surface area contributed by atoms with Gasteiger partial charge in [-0.05, 0) is 43.7 Å². The summed E-state index contributed by atoms with van der Waals surface area (Å²) in [6.07, 6.45) is 3.16. The van der Waals surface area contributed by atoms with Crippen molar-refractivity contribution in [3.05, 3.63) is 59.8 Å². The third-order valence-corrected chi connectivity index (χ3v) is 10.3. The van der Waals surface area contributed by atoms with Crippen molar-refractivity contribution in [3.8, 4) is 22.8 Å². The first-order valence-corrected chi connectivity index (χ1v) is 19.4. The summed E-state index contributed by atoms with van der Waals surface area (Å²) in [7, 11) is -1.19. The van der Waals surface area contributed by atoms with E-state index >= 15 is 0 Å². The van der Waals surface area contributed by atoms with Crippen molar-refractivity contribution in [2.45, 2.75) is 58.5 Å². The molecule has 6 rings (SSSR count). The Morgan fingerprint density at radius 3 is 2.72 bits per heavy atom. The summed E-state index contributed by atoms with van der Waals surface area (Å²) in [5.74, 6) is 1.57. The number of rotatable bonds is 10. The molecular formula is C32H37ClFN7O4Si. The van der Waals surface area contributed by atoms with Crippen LogP contribution in [0.3, 0.4) is 0 Å². The first-order valence-electron chi connectivity index (χ1n) is 15.3. The lowest BCUT2D eigenvalue weighted by atomic mass is 9.95. The number of imidazole rings is 1. The fourth-order valence-corrected chi connectivity index (χ4v) is 6.52. The minimum absolute atomic E-state index is 0.127. The van der Waals surface area contributed by atoms with Crippen molar-refractivity contribution in [1.82, 2.24) is 34.2 Å².